The SMILES string of the molecule is O=[N+]([O-])c1scc(Br)c1-n1nccn1. The first kappa shape index (κ1) is 9.28. The van der Waals surface area contributed by atoms with Crippen molar-refractivity contribution < 1.29 is 4.92 Å². The molecule has 0 atom stereocenters. The molecule has 6 nitrogen and oxygen atoms in total. The van der Waals surface area contributed by atoms with E-state index in [-0.39, 0.29) is 5.00 Å². The van der Waals surface area contributed by atoms with Crippen LogP contribution in [0.15, 0.2) is 22.2 Å². The van der Waals surface area contributed by atoms with Crippen molar-refractivity contribution in [2.75, 3.05) is 0 Å². The summed E-state index contributed by atoms with van der Waals surface area (Å²) in [6, 6.07) is 0. The van der Waals surface area contributed by atoms with E-state index < -0.39 is 4.92 Å². The number of nitrogens with zero attached hydrogens (tertiary/aromatic N) is 4. The molecular weight excluding hydrogens is 272 g/mol. The van der Waals surface area contributed by atoms with Gasteiger partial charge in [0.25, 0.3) is 0 Å². The van der Waals surface area contributed by atoms with E-state index in [4.69, 9.17) is 0 Å². The zero-order chi connectivity index (χ0) is 10.1. The van der Waals surface area contributed by atoms with E-state index >= 15 is 0 Å². The van der Waals surface area contributed by atoms with Gasteiger partial charge in [-0.1, -0.05) is 11.3 Å². The lowest BCUT2D eigenvalue weighted by Crippen LogP contribution is -2.00. The number of thiophene rings is 1. The van der Waals surface area contributed by atoms with E-state index in [1.54, 1.807) is 5.38 Å². The molecule has 0 amide bonds. The van der Waals surface area contributed by atoms with Crippen LogP contribution in [0.2, 0.25) is 0 Å². The van der Waals surface area contributed by atoms with Crippen LogP contribution in [0.4, 0.5) is 5.00 Å². The second kappa shape index (κ2) is 3.46. The van der Waals surface area contributed by atoms with Crippen molar-refractivity contribution in [3.63, 3.8) is 0 Å². The van der Waals surface area contributed by atoms with E-state index in [0.717, 1.165) is 11.3 Å². The summed E-state index contributed by atoms with van der Waals surface area (Å²) in [7, 11) is 0. The molecule has 0 aromatic carbocycles. The molecule has 0 aliphatic carbocycles. The van der Waals surface area contributed by atoms with Crippen molar-refractivity contribution in [2.45, 2.75) is 0 Å². The maximum atomic E-state index is 10.7. The maximum Gasteiger partial charge on any atom is 0.352 e. The van der Waals surface area contributed by atoms with Crippen LogP contribution >= 0.6 is 27.3 Å². The quantitative estimate of drug-likeness (QED) is 0.620. The van der Waals surface area contributed by atoms with Gasteiger partial charge in [0, 0.05) is 5.38 Å². The topological polar surface area (TPSA) is 73.8 Å². The van der Waals surface area contributed by atoms with Gasteiger partial charge in [-0.05, 0) is 15.9 Å². The van der Waals surface area contributed by atoms with Gasteiger partial charge in [0.05, 0.1) is 21.8 Å². The molecule has 2 aromatic rings. The Hall–Kier alpha value is -1.28. The predicted octanol–water partition coefficient (Wildman–Crippen LogP) is 2.00. The van der Waals surface area contributed by atoms with E-state index in [9.17, 15) is 10.1 Å². The molecule has 0 bridgehead atoms. The molecule has 0 aliphatic rings. The van der Waals surface area contributed by atoms with Gasteiger partial charge in [0.2, 0.25) is 0 Å². The van der Waals surface area contributed by atoms with Gasteiger partial charge in [0.1, 0.15) is 0 Å². The number of hydrogen-bond acceptors (Lipinski definition) is 5. The monoisotopic (exact) mass is 274 g/mol. The van der Waals surface area contributed by atoms with Crippen molar-refractivity contribution in [3.8, 4) is 5.69 Å². The lowest BCUT2D eigenvalue weighted by Gasteiger charge is -1.95. The Morgan fingerprint density at radius 2 is 2.14 bits per heavy atom. The van der Waals surface area contributed by atoms with Crippen molar-refractivity contribution in [1.29, 1.82) is 0 Å². The molecule has 8 heteroatoms. The van der Waals surface area contributed by atoms with Crippen molar-refractivity contribution in [1.82, 2.24) is 15.0 Å². The van der Waals surface area contributed by atoms with Crippen molar-refractivity contribution in [3.05, 3.63) is 32.4 Å². The van der Waals surface area contributed by atoms with Crippen LogP contribution in [0.5, 0.6) is 0 Å². The van der Waals surface area contributed by atoms with Crippen molar-refractivity contribution in [2.24, 2.45) is 0 Å². The van der Waals surface area contributed by atoms with E-state index in [1.807, 2.05) is 0 Å². The highest BCUT2D eigenvalue weighted by molar-refractivity contribution is 9.10. The van der Waals surface area contributed by atoms with Gasteiger partial charge in [0.15, 0.2) is 5.69 Å². The van der Waals surface area contributed by atoms with Crippen LogP contribution in [-0.2, 0) is 0 Å². The maximum absolute atomic E-state index is 10.7. The minimum atomic E-state index is -0.450. The van der Waals surface area contributed by atoms with E-state index in [0.29, 0.717) is 10.2 Å². The third-order valence-corrected chi connectivity index (χ3v) is 3.31. The lowest BCUT2D eigenvalue weighted by molar-refractivity contribution is -0.380. The van der Waals surface area contributed by atoms with E-state index in [2.05, 4.69) is 26.1 Å². The number of hydrogen-bond donors (Lipinski definition) is 0. The van der Waals surface area contributed by atoms with Gasteiger partial charge in [-0.2, -0.15) is 10.2 Å². The zero-order valence-electron chi connectivity index (χ0n) is 6.62. The fourth-order valence-electron chi connectivity index (χ4n) is 0.963. The molecule has 2 heterocycles. The van der Waals surface area contributed by atoms with Gasteiger partial charge in [-0.15, -0.1) is 4.80 Å². The van der Waals surface area contributed by atoms with Gasteiger partial charge in [-0.3, -0.25) is 10.1 Å². The minimum absolute atomic E-state index is 0.0214. The molecule has 0 saturated heterocycles. The molecule has 0 saturated carbocycles. The highest BCUT2D eigenvalue weighted by Crippen LogP contribution is 2.35. The number of nitro groups is 1. The fourth-order valence-corrected chi connectivity index (χ4v) is 2.44. The van der Waals surface area contributed by atoms with Gasteiger partial charge < -0.3 is 0 Å². The third-order valence-electron chi connectivity index (χ3n) is 1.49. The zero-order valence-corrected chi connectivity index (χ0v) is 9.03. The highest BCUT2D eigenvalue weighted by atomic mass is 79.9. The summed E-state index contributed by atoms with van der Waals surface area (Å²) in [5.74, 6) is 0. The Morgan fingerprint density at radius 1 is 1.50 bits per heavy atom. The molecule has 0 aliphatic heterocycles. The van der Waals surface area contributed by atoms with Crippen LogP contribution in [0.1, 0.15) is 0 Å². The Labute approximate surface area is 90.4 Å². The van der Waals surface area contributed by atoms with Crippen LogP contribution < -0.4 is 0 Å². The number of aromatic nitrogens is 3. The molecule has 0 fully saturated rings. The fraction of sp³-hybridized carbons (Fsp3) is 0. The van der Waals surface area contributed by atoms with Crippen LogP contribution in [0, 0.1) is 10.1 Å². The smallest absolute Gasteiger partial charge is 0.257 e. The first-order valence-electron chi connectivity index (χ1n) is 3.48. The number of halogens is 1. The predicted molar refractivity (Wildman–Crippen MR) is 53.6 cm³/mol. The average molecular weight is 275 g/mol. The first-order valence-corrected chi connectivity index (χ1v) is 5.15. The number of rotatable bonds is 2. The summed E-state index contributed by atoms with van der Waals surface area (Å²) >= 11 is 4.25. The van der Waals surface area contributed by atoms with Crippen LogP contribution in [0.3, 0.4) is 0 Å². The van der Waals surface area contributed by atoms with Crippen LogP contribution in [-0.4, -0.2) is 19.9 Å². The molecule has 14 heavy (non-hydrogen) atoms. The molecule has 0 unspecified atom stereocenters. The minimum Gasteiger partial charge on any atom is -0.257 e. The standard InChI is InChI=1S/C6H3BrN4O2S/c7-4-3-14-6(11(12)13)5(4)10-8-1-2-9-10/h1-3H. The Morgan fingerprint density at radius 3 is 2.71 bits per heavy atom. The normalized spacial score (nSPS) is 10.4. The highest BCUT2D eigenvalue weighted by Gasteiger charge is 2.22. The Kier molecular flexibility index (Phi) is 2.30. The molecule has 0 N–H and O–H groups in total. The molecule has 2 aromatic heterocycles. The van der Waals surface area contributed by atoms with E-state index in [1.165, 1.54) is 17.2 Å². The average Bonchev–Trinajstić information content (AvgIpc) is 2.71. The Bertz CT molecular complexity index is 466. The second-order valence-corrected chi connectivity index (χ2v) is 4.03. The van der Waals surface area contributed by atoms with Gasteiger partial charge >= 0.3 is 5.00 Å². The Balaban J connectivity index is 2.62. The molecule has 72 valence electrons. The summed E-state index contributed by atoms with van der Waals surface area (Å²) in [5, 5.41) is 20.0. The summed E-state index contributed by atoms with van der Waals surface area (Å²) in [6.07, 6.45) is 2.93. The molecule has 0 spiro atoms. The van der Waals surface area contributed by atoms with Crippen molar-refractivity contribution >= 4 is 32.3 Å². The third kappa shape index (κ3) is 1.42. The van der Waals surface area contributed by atoms with Gasteiger partial charge in [-0.25, -0.2) is 0 Å². The second-order valence-electron chi connectivity index (χ2n) is 2.31. The first-order chi connectivity index (χ1) is 6.70. The summed E-state index contributed by atoms with van der Waals surface area (Å²) in [4.78, 5) is 11.4. The summed E-state index contributed by atoms with van der Waals surface area (Å²) in [6.45, 7) is 0. The largest absolute Gasteiger partial charge is 0.352 e. The molecular formula is C6H3BrN4O2S. The summed E-state index contributed by atoms with van der Waals surface area (Å²) < 4.78 is 0.616. The summed E-state index contributed by atoms with van der Waals surface area (Å²) in [5.41, 5.74) is 0.366. The molecule has 0 radical (unpaired) electrons. The molecule has 2 rings (SSSR count). The van der Waals surface area contributed by atoms with Crippen LogP contribution in [0.25, 0.3) is 5.69 Å². The lowest BCUT2D eigenvalue weighted by atomic mass is 10.5.